The van der Waals surface area contributed by atoms with Crippen molar-refractivity contribution in [3.63, 3.8) is 0 Å². The maximum atomic E-state index is 6.26. The molecular formula is C19H15BrO2. The van der Waals surface area contributed by atoms with Crippen molar-refractivity contribution in [3.05, 3.63) is 70.9 Å². The molecule has 0 fully saturated rings. The molecule has 3 heteroatoms. The molecule has 0 saturated heterocycles. The molecule has 1 aliphatic heterocycles. The van der Waals surface area contributed by atoms with E-state index in [1.165, 1.54) is 0 Å². The summed E-state index contributed by atoms with van der Waals surface area (Å²) in [7, 11) is 0. The molecular weight excluding hydrogens is 340 g/mol. The lowest BCUT2D eigenvalue weighted by Gasteiger charge is -2.38. The van der Waals surface area contributed by atoms with Crippen molar-refractivity contribution < 1.29 is 9.47 Å². The van der Waals surface area contributed by atoms with E-state index in [1.54, 1.807) is 0 Å². The summed E-state index contributed by atoms with van der Waals surface area (Å²) in [6, 6.07) is 14.4. The van der Waals surface area contributed by atoms with Crippen LogP contribution in [0.5, 0.6) is 11.5 Å². The monoisotopic (exact) mass is 354 g/mol. The SMILES string of the molecule is CC12CC=CC=C1Oc1ccc(-c3ccc(Br)cc3)cc1O2. The normalized spacial score (nSPS) is 22.0. The molecule has 22 heavy (non-hydrogen) atoms. The Kier molecular flexibility index (Phi) is 3.12. The molecule has 0 saturated carbocycles. The van der Waals surface area contributed by atoms with Gasteiger partial charge in [-0.3, -0.25) is 0 Å². The molecule has 0 aromatic heterocycles. The number of fused-ring (bicyclic) bond motifs is 2. The second-order valence-electron chi connectivity index (χ2n) is 5.77. The lowest BCUT2D eigenvalue weighted by molar-refractivity contribution is 0.0582. The Balaban J connectivity index is 1.74. The summed E-state index contributed by atoms with van der Waals surface area (Å²) in [5.74, 6) is 2.45. The van der Waals surface area contributed by atoms with Gasteiger partial charge in [0.2, 0.25) is 0 Å². The first kappa shape index (κ1) is 13.6. The molecule has 0 amide bonds. The summed E-state index contributed by atoms with van der Waals surface area (Å²) < 4.78 is 13.4. The largest absolute Gasteiger partial charge is 0.475 e. The van der Waals surface area contributed by atoms with Crippen LogP contribution in [0.25, 0.3) is 11.1 Å². The maximum Gasteiger partial charge on any atom is 0.169 e. The smallest absolute Gasteiger partial charge is 0.169 e. The van der Waals surface area contributed by atoms with Crippen LogP contribution in [0.3, 0.4) is 0 Å². The van der Waals surface area contributed by atoms with Gasteiger partial charge in [0.25, 0.3) is 0 Å². The molecule has 2 aromatic carbocycles. The summed E-state index contributed by atoms with van der Waals surface area (Å²) in [4.78, 5) is 0. The van der Waals surface area contributed by atoms with E-state index in [0.29, 0.717) is 0 Å². The fraction of sp³-hybridized carbons (Fsp3) is 0.158. The maximum absolute atomic E-state index is 6.26. The van der Waals surface area contributed by atoms with Crippen LogP contribution in [-0.2, 0) is 0 Å². The lowest BCUT2D eigenvalue weighted by atomic mass is 9.93. The molecule has 0 spiro atoms. The van der Waals surface area contributed by atoms with Crippen LogP contribution in [-0.4, -0.2) is 5.60 Å². The molecule has 1 atom stereocenters. The highest BCUT2D eigenvalue weighted by Crippen LogP contribution is 2.44. The highest BCUT2D eigenvalue weighted by Gasteiger charge is 2.38. The summed E-state index contributed by atoms with van der Waals surface area (Å²) in [5, 5.41) is 0. The van der Waals surface area contributed by atoms with Gasteiger partial charge in [-0.05, 0) is 48.4 Å². The van der Waals surface area contributed by atoms with Gasteiger partial charge in [-0.2, -0.15) is 0 Å². The summed E-state index contributed by atoms with van der Waals surface area (Å²) >= 11 is 3.47. The average Bonchev–Trinajstić information content (AvgIpc) is 2.52. The van der Waals surface area contributed by atoms with Crippen molar-refractivity contribution in [3.8, 4) is 22.6 Å². The van der Waals surface area contributed by atoms with E-state index in [0.717, 1.165) is 39.3 Å². The predicted molar refractivity (Wildman–Crippen MR) is 91.1 cm³/mol. The number of ether oxygens (including phenoxy) is 2. The Morgan fingerprint density at radius 3 is 2.59 bits per heavy atom. The predicted octanol–water partition coefficient (Wildman–Crippen LogP) is 5.49. The summed E-state index contributed by atoms with van der Waals surface area (Å²) in [5.41, 5.74) is 1.88. The van der Waals surface area contributed by atoms with E-state index in [1.807, 2.05) is 30.4 Å². The molecule has 2 aliphatic rings. The van der Waals surface area contributed by atoms with Crippen LogP contribution in [0, 0.1) is 0 Å². The zero-order valence-corrected chi connectivity index (χ0v) is 13.8. The van der Waals surface area contributed by atoms with Crippen molar-refractivity contribution in [2.45, 2.75) is 18.9 Å². The summed E-state index contributed by atoms with van der Waals surface area (Å²) in [6.07, 6.45) is 6.92. The Bertz CT molecular complexity index is 790. The van der Waals surface area contributed by atoms with Gasteiger partial charge in [-0.25, -0.2) is 0 Å². The van der Waals surface area contributed by atoms with Crippen LogP contribution < -0.4 is 9.47 Å². The van der Waals surface area contributed by atoms with Crippen LogP contribution in [0.2, 0.25) is 0 Å². The van der Waals surface area contributed by atoms with Crippen molar-refractivity contribution in [2.24, 2.45) is 0 Å². The lowest BCUT2D eigenvalue weighted by Crippen LogP contribution is -2.40. The Morgan fingerprint density at radius 2 is 1.77 bits per heavy atom. The van der Waals surface area contributed by atoms with Gasteiger partial charge in [0.1, 0.15) is 5.76 Å². The molecule has 1 aliphatic carbocycles. The number of allylic oxidation sites excluding steroid dienone is 2. The van der Waals surface area contributed by atoms with Crippen LogP contribution in [0.15, 0.2) is 70.9 Å². The van der Waals surface area contributed by atoms with E-state index in [2.05, 4.69) is 53.2 Å². The van der Waals surface area contributed by atoms with Gasteiger partial charge in [0.05, 0.1) is 0 Å². The van der Waals surface area contributed by atoms with Gasteiger partial charge in [-0.1, -0.05) is 46.3 Å². The number of halogens is 1. The van der Waals surface area contributed by atoms with Crippen molar-refractivity contribution in [1.29, 1.82) is 0 Å². The van der Waals surface area contributed by atoms with Gasteiger partial charge in [0, 0.05) is 10.9 Å². The zero-order valence-electron chi connectivity index (χ0n) is 12.2. The first-order valence-corrected chi connectivity index (χ1v) is 8.08. The van der Waals surface area contributed by atoms with Gasteiger partial charge in [0.15, 0.2) is 17.1 Å². The van der Waals surface area contributed by atoms with Crippen LogP contribution in [0.4, 0.5) is 0 Å². The minimum Gasteiger partial charge on any atom is -0.475 e. The number of hydrogen-bond donors (Lipinski definition) is 0. The van der Waals surface area contributed by atoms with Crippen LogP contribution >= 0.6 is 15.9 Å². The van der Waals surface area contributed by atoms with Crippen molar-refractivity contribution >= 4 is 15.9 Å². The highest BCUT2D eigenvalue weighted by atomic mass is 79.9. The summed E-state index contributed by atoms with van der Waals surface area (Å²) in [6.45, 7) is 2.07. The quantitative estimate of drug-likeness (QED) is 0.673. The topological polar surface area (TPSA) is 18.5 Å². The first-order chi connectivity index (χ1) is 10.6. The van der Waals surface area contributed by atoms with E-state index in [4.69, 9.17) is 9.47 Å². The molecule has 0 N–H and O–H groups in total. The molecule has 0 bridgehead atoms. The fourth-order valence-corrected chi connectivity index (χ4v) is 3.08. The standard InChI is InChI=1S/C19H15BrO2/c1-19-11-3-2-4-18(19)21-16-10-7-14(12-17(16)22-19)13-5-8-15(20)9-6-13/h2-10,12H,11H2,1H3. The molecule has 110 valence electrons. The van der Waals surface area contributed by atoms with Gasteiger partial charge in [-0.15, -0.1) is 0 Å². The number of hydrogen-bond acceptors (Lipinski definition) is 2. The second-order valence-corrected chi connectivity index (χ2v) is 6.68. The third kappa shape index (κ3) is 2.26. The Labute approximate surface area is 138 Å². The van der Waals surface area contributed by atoms with E-state index in [-0.39, 0.29) is 0 Å². The zero-order chi connectivity index (χ0) is 15.2. The molecule has 1 unspecified atom stereocenters. The number of benzene rings is 2. The first-order valence-electron chi connectivity index (χ1n) is 7.28. The number of rotatable bonds is 1. The van der Waals surface area contributed by atoms with Gasteiger partial charge >= 0.3 is 0 Å². The molecule has 4 rings (SSSR count). The minimum absolute atomic E-state index is 0.403. The van der Waals surface area contributed by atoms with Gasteiger partial charge < -0.3 is 9.47 Å². The molecule has 2 aromatic rings. The fourth-order valence-electron chi connectivity index (χ4n) is 2.81. The third-order valence-electron chi connectivity index (χ3n) is 4.09. The van der Waals surface area contributed by atoms with Crippen molar-refractivity contribution in [2.75, 3.05) is 0 Å². The van der Waals surface area contributed by atoms with E-state index < -0.39 is 5.60 Å². The molecule has 1 heterocycles. The second kappa shape index (κ2) is 5.03. The Morgan fingerprint density at radius 1 is 1.00 bits per heavy atom. The molecule has 0 radical (unpaired) electrons. The van der Waals surface area contributed by atoms with Crippen LogP contribution in [0.1, 0.15) is 13.3 Å². The highest BCUT2D eigenvalue weighted by molar-refractivity contribution is 9.10. The minimum atomic E-state index is -0.403. The van der Waals surface area contributed by atoms with E-state index in [9.17, 15) is 0 Å². The van der Waals surface area contributed by atoms with E-state index >= 15 is 0 Å². The molecule has 2 nitrogen and oxygen atoms in total. The van der Waals surface area contributed by atoms with Crippen molar-refractivity contribution in [1.82, 2.24) is 0 Å². The average molecular weight is 355 g/mol. The Hall–Kier alpha value is -2.00. The third-order valence-corrected chi connectivity index (χ3v) is 4.62.